The molecule has 0 bridgehead atoms. The number of pyridine rings is 1. The Hall–Kier alpha value is -3.71. The summed E-state index contributed by atoms with van der Waals surface area (Å²) in [6.07, 6.45) is 6.47. The molecule has 6 rings (SSSR count). The van der Waals surface area contributed by atoms with Crippen molar-refractivity contribution < 1.29 is 0 Å². The molecule has 0 aliphatic heterocycles. The van der Waals surface area contributed by atoms with E-state index in [4.69, 9.17) is 4.98 Å². The lowest BCUT2D eigenvalue weighted by molar-refractivity contribution is 0.936. The fourth-order valence-corrected chi connectivity index (χ4v) is 4.58. The van der Waals surface area contributed by atoms with E-state index in [-0.39, 0.29) is 0 Å². The first kappa shape index (κ1) is 17.2. The summed E-state index contributed by atoms with van der Waals surface area (Å²) in [5.41, 5.74) is 8.73. The maximum absolute atomic E-state index is 5.14. The average Bonchev–Trinajstić information content (AvgIpc) is 2.81. The molecule has 0 unspecified atom stereocenters. The summed E-state index contributed by atoms with van der Waals surface area (Å²) in [4.78, 5) is 5.14. The topological polar surface area (TPSA) is 12.9 Å². The molecule has 4 aromatic carbocycles. The molecule has 0 fully saturated rings. The van der Waals surface area contributed by atoms with Gasteiger partial charge in [0.15, 0.2) is 0 Å². The average molecular weight is 383 g/mol. The SMILES string of the molecule is C(=C\c1ccc2nc3c(cc2c1)CCc1ccc2ccccc2c1-3)/c1ccccc1. The van der Waals surface area contributed by atoms with Gasteiger partial charge in [-0.05, 0) is 64.1 Å². The highest BCUT2D eigenvalue weighted by molar-refractivity contribution is 6.00. The van der Waals surface area contributed by atoms with Crippen molar-refractivity contribution >= 4 is 33.8 Å². The maximum Gasteiger partial charge on any atom is 0.0750 e. The monoisotopic (exact) mass is 383 g/mol. The van der Waals surface area contributed by atoms with Gasteiger partial charge in [0.25, 0.3) is 0 Å². The van der Waals surface area contributed by atoms with Crippen LogP contribution in [0.1, 0.15) is 22.3 Å². The van der Waals surface area contributed by atoms with Crippen molar-refractivity contribution in [3.8, 4) is 11.3 Å². The number of benzene rings is 4. The van der Waals surface area contributed by atoms with E-state index < -0.39 is 0 Å². The summed E-state index contributed by atoms with van der Waals surface area (Å²) >= 11 is 0. The van der Waals surface area contributed by atoms with E-state index in [0.29, 0.717) is 0 Å². The van der Waals surface area contributed by atoms with Crippen LogP contribution in [0.4, 0.5) is 0 Å². The van der Waals surface area contributed by atoms with Crippen molar-refractivity contribution in [1.29, 1.82) is 0 Å². The molecule has 0 saturated heterocycles. The molecule has 0 amide bonds. The quantitative estimate of drug-likeness (QED) is 0.291. The molecule has 1 heterocycles. The summed E-state index contributed by atoms with van der Waals surface area (Å²) in [6, 6.07) is 32.5. The Kier molecular flexibility index (Phi) is 3.99. The van der Waals surface area contributed by atoms with Gasteiger partial charge < -0.3 is 0 Å². The van der Waals surface area contributed by atoms with Gasteiger partial charge in [0.05, 0.1) is 11.2 Å². The Bertz CT molecular complexity index is 1430. The Morgan fingerprint density at radius 2 is 1.40 bits per heavy atom. The standard InChI is InChI=1S/C29H21N/c1-2-6-20(7-3-1)10-11-21-12-17-27-25(18-21)19-24-16-15-23-14-13-22-8-4-5-9-26(22)28(23)29(24)30-27/h1-14,17-19H,15-16H2/b11-10+. The van der Waals surface area contributed by atoms with Crippen LogP contribution in [0.3, 0.4) is 0 Å². The van der Waals surface area contributed by atoms with Crippen LogP contribution in [0.25, 0.3) is 45.1 Å². The van der Waals surface area contributed by atoms with E-state index in [1.165, 1.54) is 44.0 Å². The number of hydrogen-bond donors (Lipinski definition) is 0. The first-order valence-electron chi connectivity index (χ1n) is 10.5. The van der Waals surface area contributed by atoms with Gasteiger partial charge in [-0.3, -0.25) is 0 Å². The van der Waals surface area contributed by atoms with Gasteiger partial charge in [-0.2, -0.15) is 0 Å². The Morgan fingerprint density at radius 1 is 0.600 bits per heavy atom. The normalized spacial score (nSPS) is 12.9. The minimum absolute atomic E-state index is 1.05. The fraction of sp³-hybridized carbons (Fsp3) is 0.0690. The van der Waals surface area contributed by atoms with E-state index >= 15 is 0 Å². The highest BCUT2D eigenvalue weighted by Crippen LogP contribution is 2.38. The van der Waals surface area contributed by atoms with E-state index in [0.717, 1.165) is 24.1 Å². The van der Waals surface area contributed by atoms with Crippen molar-refractivity contribution in [1.82, 2.24) is 4.98 Å². The van der Waals surface area contributed by atoms with Gasteiger partial charge in [-0.15, -0.1) is 0 Å². The predicted molar refractivity (Wildman–Crippen MR) is 127 cm³/mol. The largest absolute Gasteiger partial charge is 0.247 e. The third-order valence-electron chi connectivity index (χ3n) is 6.10. The maximum atomic E-state index is 5.14. The molecule has 30 heavy (non-hydrogen) atoms. The van der Waals surface area contributed by atoms with Gasteiger partial charge in [-0.25, -0.2) is 4.98 Å². The molecule has 1 aromatic heterocycles. The van der Waals surface area contributed by atoms with Gasteiger partial charge in [0.1, 0.15) is 0 Å². The van der Waals surface area contributed by atoms with E-state index in [1.54, 1.807) is 0 Å². The molecule has 0 atom stereocenters. The molecule has 1 heteroatoms. The number of rotatable bonds is 2. The lowest BCUT2D eigenvalue weighted by Crippen LogP contribution is -2.06. The summed E-state index contributed by atoms with van der Waals surface area (Å²) in [6.45, 7) is 0. The van der Waals surface area contributed by atoms with E-state index in [2.05, 4.69) is 97.1 Å². The summed E-state index contributed by atoms with van der Waals surface area (Å²) in [5, 5.41) is 3.81. The van der Waals surface area contributed by atoms with E-state index in [1.807, 2.05) is 6.07 Å². The Morgan fingerprint density at radius 3 is 2.33 bits per heavy atom. The molecule has 0 saturated carbocycles. The third-order valence-corrected chi connectivity index (χ3v) is 6.10. The van der Waals surface area contributed by atoms with Crippen molar-refractivity contribution in [2.75, 3.05) is 0 Å². The van der Waals surface area contributed by atoms with Crippen molar-refractivity contribution in [2.45, 2.75) is 12.8 Å². The number of aromatic nitrogens is 1. The summed E-state index contributed by atoms with van der Waals surface area (Å²) in [5.74, 6) is 0. The minimum Gasteiger partial charge on any atom is -0.247 e. The Labute approximate surface area is 176 Å². The minimum atomic E-state index is 1.05. The van der Waals surface area contributed by atoms with Crippen molar-refractivity contribution in [3.63, 3.8) is 0 Å². The second-order valence-electron chi connectivity index (χ2n) is 8.01. The molecule has 1 aliphatic rings. The van der Waals surface area contributed by atoms with Gasteiger partial charge >= 0.3 is 0 Å². The molecule has 0 radical (unpaired) electrons. The summed E-state index contributed by atoms with van der Waals surface area (Å²) in [7, 11) is 0. The number of nitrogens with zero attached hydrogens (tertiary/aromatic N) is 1. The van der Waals surface area contributed by atoms with Crippen LogP contribution in [0.2, 0.25) is 0 Å². The fourth-order valence-electron chi connectivity index (χ4n) is 4.58. The van der Waals surface area contributed by atoms with Crippen LogP contribution in [0, 0.1) is 0 Å². The molecule has 1 aliphatic carbocycles. The van der Waals surface area contributed by atoms with Crippen LogP contribution in [-0.2, 0) is 12.8 Å². The molecular weight excluding hydrogens is 362 g/mol. The van der Waals surface area contributed by atoms with Crippen LogP contribution in [0.5, 0.6) is 0 Å². The first-order valence-corrected chi connectivity index (χ1v) is 10.5. The number of hydrogen-bond acceptors (Lipinski definition) is 1. The van der Waals surface area contributed by atoms with Crippen LogP contribution in [-0.4, -0.2) is 4.98 Å². The lowest BCUT2D eigenvalue weighted by Gasteiger charge is -2.21. The van der Waals surface area contributed by atoms with Gasteiger partial charge in [0, 0.05) is 10.9 Å². The molecular formula is C29H21N. The second kappa shape index (κ2) is 6.96. The molecule has 5 aromatic rings. The van der Waals surface area contributed by atoms with Crippen molar-refractivity contribution in [2.24, 2.45) is 0 Å². The third kappa shape index (κ3) is 2.91. The highest BCUT2D eigenvalue weighted by Gasteiger charge is 2.20. The van der Waals surface area contributed by atoms with Gasteiger partial charge in [-0.1, -0.05) is 84.9 Å². The zero-order chi connectivity index (χ0) is 19.9. The van der Waals surface area contributed by atoms with E-state index in [9.17, 15) is 0 Å². The first-order chi connectivity index (χ1) is 14.8. The smallest absolute Gasteiger partial charge is 0.0750 e. The molecule has 0 N–H and O–H groups in total. The zero-order valence-electron chi connectivity index (χ0n) is 16.7. The number of aryl methyl sites for hydroxylation is 2. The van der Waals surface area contributed by atoms with Crippen molar-refractivity contribution in [3.05, 3.63) is 113 Å². The van der Waals surface area contributed by atoms with Gasteiger partial charge in [0.2, 0.25) is 0 Å². The Balaban J connectivity index is 1.47. The second-order valence-corrected chi connectivity index (χ2v) is 8.01. The lowest BCUT2D eigenvalue weighted by atomic mass is 9.85. The number of fused-ring (bicyclic) bond motifs is 6. The highest BCUT2D eigenvalue weighted by atomic mass is 14.7. The predicted octanol–water partition coefficient (Wildman–Crippen LogP) is 7.32. The summed E-state index contributed by atoms with van der Waals surface area (Å²) < 4.78 is 0. The molecule has 0 spiro atoms. The molecule has 1 nitrogen and oxygen atoms in total. The van der Waals surface area contributed by atoms with Crippen LogP contribution in [0.15, 0.2) is 91.0 Å². The zero-order valence-corrected chi connectivity index (χ0v) is 16.7. The van der Waals surface area contributed by atoms with Crippen LogP contribution < -0.4 is 0 Å². The van der Waals surface area contributed by atoms with Crippen LogP contribution >= 0.6 is 0 Å². The molecule has 142 valence electrons.